The zero-order valence-electron chi connectivity index (χ0n) is 7.79. The molecule has 0 amide bonds. The summed E-state index contributed by atoms with van der Waals surface area (Å²) >= 11 is 0. The van der Waals surface area contributed by atoms with Gasteiger partial charge in [0.2, 0.25) is 5.90 Å². The van der Waals surface area contributed by atoms with Gasteiger partial charge < -0.3 is 9.47 Å². The molecule has 1 aliphatic heterocycles. The number of rotatable bonds is 2. The zero-order valence-corrected chi connectivity index (χ0v) is 7.79. The molecule has 0 atom stereocenters. The van der Waals surface area contributed by atoms with Gasteiger partial charge in [0, 0.05) is 0 Å². The first-order valence-electron chi connectivity index (χ1n) is 4.33. The van der Waals surface area contributed by atoms with Gasteiger partial charge in [-0.05, 0) is 12.1 Å². The summed E-state index contributed by atoms with van der Waals surface area (Å²) in [5.74, 6) is 0.151. The lowest BCUT2D eigenvalue weighted by Gasteiger charge is -2.06. The van der Waals surface area contributed by atoms with Crippen LogP contribution in [0.15, 0.2) is 23.2 Å². The summed E-state index contributed by atoms with van der Waals surface area (Å²) in [4.78, 5) is 4.04. The molecule has 1 heterocycles. The van der Waals surface area contributed by atoms with E-state index in [1.165, 1.54) is 7.11 Å². The molecule has 0 radical (unpaired) electrons. The summed E-state index contributed by atoms with van der Waals surface area (Å²) in [7, 11) is 1.43. The zero-order chi connectivity index (χ0) is 9.97. The van der Waals surface area contributed by atoms with Crippen molar-refractivity contribution in [2.75, 3.05) is 20.3 Å². The number of ether oxygens (including phenoxy) is 2. The summed E-state index contributed by atoms with van der Waals surface area (Å²) in [6.07, 6.45) is 0. The van der Waals surface area contributed by atoms with Crippen LogP contribution in [0.2, 0.25) is 0 Å². The van der Waals surface area contributed by atoms with Crippen LogP contribution in [-0.4, -0.2) is 26.2 Å². The smallest absolute Gasteiger partial charge is 0.219 e. The first kappa shape index (κ1) is 8.99. The first-order valence-corrected chi connectivity index (χ1v) is 4.33. The second-order valence-electron chi connectivity index (χ2n) is 2.86. The highest BCUT2D eigenvalue weighted by Crippen LogP contribution is 2.21. The van der Waals surface area contributed by atoms with Crippen LogP contribution in [0.3, 0.4) is 0 Å². The molecule has 1 aliphatic rings. The summed E-state index contributed by atoms with van der Waals surface area (Å²) in [5, 5.41) is 0. The molecule has 0 spiro atoms. The second kappa shape index (κ2) is 3.65. The topological polar surface area (TPSA) is 30.8 Å². The van der Waals surface area contributed by atoms with Crippen LogP contribution in [0.1, 0.15) is 5.56 Å². The van der Waals surface area contributed by atoms with Crippen molar-refractivity contribution in [1.82, 2.24) is 0 Å². The highest BCUT2D eigenvalue weighted by atomic mass is 19.1. The van der Waals surface area contributed by atoms with Gasteiger partial charge in [-0.15, -0.1) is 0 Å². The molecule has 4 heteroatoms. The van der Waals surface area contributed by atoms with Gasteiger partial charge in [-0.2, -0.15) is 0 Å². The first-order chi connectivity index (χ1) is 6.83. The highest BCUT2D eigenvalue weighted by Gasteiger charge is 2.17. The van der Waals surface area contributed by atoms with Crippen molar-refractivity contribution in [3.05, 3.63) is 29.6 Å². The van der Waals surface area contributed by atoms with E-state index in [4.69, 9.17) is 9.47 Å². The maximum Gasteiger partial charge on any atom is 0.219 e. The van der Waals surface area contributed by atoms with Gasteiger partial charge in [0.05, 0.1) is 19.2 Å². The standard InChI is InChI=1S/C10H10FNO2/c1-13-8-4-2-3-7(9(8)11)10-12-5-6-14-10/h2-4H,5-6H2,1H3. The van der Waals surface area contributed by atoms with Gasteiger partial charge in [0.15, 0.2) is 11.6 Å². The molecular weight excluding hydrogens is 185 g/mol. The minimum atomic E-state index is -0.421. The lowest BCUT2D eigenvalue weighted by Crippen LogP contribution is -2.05. The van der Waals surface area contributed by atoms with E-state index in [0.717, 1.165) is 0 Å². The number of benzene rings is 1. The van der Waals surface area contributed by atoms with Crippen molar-refractivity contribution < 1.29 is 13.9 Å². The van der Waals surface area contributed by atoms with E-state index in [0.29, 0.717) is 24.6 Å². The molecule has 2 rings (SSSR count). The maximum atomic E-state index is 13.6. The Morgan fingerprint density at radius 2 is 2.36 bits per heavy atom. The fourth-order valence-corrected chi connectivity index (χ4v) is 1.33. The number of nitrogens with zero attached hydrogens (tertiary/aromatic N) is 1. The normalized spacial score (nSPS) is 14.9. The minimum Gasteiger partial charge on any atom is -0.494 e. The Bertz CT molecular complexity index is 376. The fraction of sp³-hybridized carbons (Fsp3) is 0.300. The molecule has 0 unspecified atom stereocenters. The fourth-order valence-electron chi connectivity index (χ4n) is 1.33. The van der Waals surface area contributed by atoms with Gasteiger partial charge in [0.25, 0.3) is 0 Å². The van der Waals surface area contributed by atoms with E-state index in [9.17, 15) is 4.39 Å². The maximum absolute atomic E-state index is 13.6. The van der Waals surface area contributed by atoms with E-state index >= 15 is 0 Å². The van der Waals surface area contributed by atoms with E-state index in [2.05, 4.69) is 4.99 Å². The van der Waals surface area contributed by atoms with Crippen LogP contribution in [0, 0.1) is 5.82 Å². The van der Waals surface area contributed by atoms with Crippen LogP contribution in [0.5, 0.6) is 5.75 Å². The largest absolute Gasteiger partial charge is 0.494 e. The monoisotopic (exact) mass is 195 g/mol. The van der Waals surface area contributed by atoms with Crippen molar-refractivity contribution >= 4 is 5.90 Å². The summed E-state index contributed by atoms with van der Waals surface area (Å²) in [6.45, 7) is 1.11. The number of aliphatic imine (C=N–C) groups is 1. The predicted molar refractivity (Wildman–Crippen MR) is 50.3 cm³/mol. The van der Waals surface area contributed by atoms with Crippen LogP contribution in [-0.2, 0) is 4.74 Å². The third-order valence-corrected chi connectivity index (χ3v) is 2.00. The average Bonchev–Trinajstić information content (AvgIpc) is 2.71. The average molecular weight is 195 g/mol. The molecule has 0 fully saturated rings. The van der Waals surface area contributed by atoms with Crippen molar-refractivity contribution in [2.45, 2.75) is 0 Å². The minimum absolute atomic E-state index is 0.209. The molecule has 0 aliphatic carbocycles. The SMILES string of the molecule is COc1cccc(C2=NCCO2)c1F. The molecule has 3 nitrogen and oxygen atoms in total. The predicted octanol–water partition coefficient (Wildman–Crippen LogP) is 1.61. The number of hydrogen-bond donors (Lipinski definition) is 0. The third kappa shape index (κ3) is 1.43. The molecule has 1 aromatic carbocycles. The van der Waals surface area contributed by atoms with Gasteiger partial charge in [-0.25, -0.2) is 9.38 Å². The van der Waals surface area contributed by atoms with E-state index in [1.807, 2.05) is 0 Å². The van der Waals surface area contributed by atoms with E-state index in [-0.39, 0.29) is 5.75 Å². The molecule has 14 heavy (non-hydrogen) atoms. The van der Waals surface area contributed by atoms with E-state index < -0.39 is 5.82 Å². The number of hydrogen-bond acceptors (Lipinski definition) is 3. The van der Waals surface area contributed by atoms with E-state index in [1.54, 1.807) is 18.2 Å². The summed E-state index contributed by atoms with van der Waals surface area (Å²) in [5.41, 5.74) is 0.363. The number of methoxy groups -OCH3 is 1. The van der Waals surface area contributed by atoms with Crippen molar-refractivity contribution in [1.29, 1.82) is 0 Å². The molecule has 0 bridgehead atoms. The molecular formula is C10H10FNO2. The van der Waals surface area contributed by atoms with Crippen LogP contribution in [0.4, 0.5) is 4.39 Å². The van der Waals surface area contributed by atoms with Crippen LogP contribution < -0.4 is 4.74 Å². The molecule has 0 N–H and O–H groups in total. The molecule has 74 valence electrons. The highest BCUT2D eigenvalue weighted by molar-refractivity contribution is 5.95. The van der Waals surface area contributed by atoms with Gasteiger partial charge in [-0.3, -0.25) is 0 Å². The van der Waals surface area contributed by atoms with Gasteiger partial charge >= 0.3 is 0 Å². The molecule has 0 aromatic heterocycles. The second-order valence-corrected chi connectivity index (χ2v) is 2.86. The van der Waals surface area contributed by atoms with Gasteiger partial charge in [0.1, 0.15) is 6.61 Å². The van der Waals surface area contributed by atoms with Crippen molar-refractivity contribution in [3.8, 4) is 5.75 Å². The Morgan fingerprint density at radius 3 is 3.00 bits per heavy atom. The van der Waals surface area contributed by atoms with Crippen LogP contribution >= 0.6 is 0 Å². The van der Waals surface area contributed by atoms with Gasteiger partial charge in [-0.1, -0.05) is 6.07 Å². The van der Waals surface area contributed by atoms with Crippen molar-refractivity contribution in [3.63, 3.8) is 0 Å². The van der Waals surface area contributed by atoms with Crippen molar-refractivity contribution in [2.24, 2.45) is 4.99 Å². The quantitative estimate of drug-likeness (QED) is 0.717. The Morgan fingerprint density at radius 1 is 1.50 bits per heavy atom. The molecule has 0 saturated heterocycles. The Labute approximate surface area is 81.2 Å². The molecule has 1 aromatic rings. The Balaban J connectivity index is 2.42. The Kier molecular flexibility index (Phi) is 2.35. The molecule has 0 saturated carbocycles. The summed E-state index contributed by atoms with van der Waals surface area (Å²) in [6, 6.07) is 4.90. The lowest BCUT2D eigenvalue weighted by atomic mass is 10.2. The lowest BCUT2D eigenvalue weighted by molar-refractivity contribution is 0.344. The summed E-state index contributed by atoms with van der Waals surface area (Å²) < 4.78 is 23.7. The Hall–Kier alpha value is -1.58. The van der Waals surface area contributed by atoms with Crippen LogP contribution in [0.25, 0.3) is 0 Å². The third-order valence-electron chi connectivity index (χ3n) is 2.00. The number of halogens is 1.